The van der Waals surface area contributed by atoms with Crippen LogP contribution in [0.3, 0.4) is 0 Å². The summed E-state index contributed by atoms with van der Waals surface area (Å²) in [6, 6.07) is 14.7. The molecule has 1 aliphatic heterocycles. The molecule has 2 aromatic carbocycles. The minimum Gasteiger partial charge on any atom is -0.497 e. The van der Waals surface area contributed by atoms with E-state index in [1.54, 1.807) is 20.3 Å². The fraction of sp³-hybridized carbons (Fsp3) is 0.464. The van der Waals surface area contributed by atoms with Crippen LogP contribution < -0.4 is 14.8 Å². The van der Waals surface area contributed by atoms with Crippen molar-refractivity contribution < 1.29 is 19.0 Å². The molecule has 0 amide bonds. The van der Waals surface area contributed by atoms with Crippen LogP contribution in [0.4, 0.5) is 0 Å². The molecule has 0 radical (unpaired) electrons. The number of esters is 1. The van der Waals surface area contributed by atoms with Gasteiger partial charge in [-0.3, -0.25) is 0 Å². The van der Waals surface area contributed by atoms with Crippen LogP contribution in [0.5, 0.6) is 11.5 Å². The van der Waals surface area contributed by atoms with Gasteiger partial charge in [0.15, 0.2) is 0 Å². The quantitative estimate of drug-likeness (QED) is 0.561. The zero-order valence-electron chi connectivity index (χ0n) is 20.1. The van der Waals surface area contributed by atoms with Crippen molar-refractivity contribution in [3.05, 3.63) is 65.2 Å². The Kier molecular flexibility index (Phi) is 9.82. The molecule has 5 nitrogen and oxygen atoms in total. The van der Waals surface area contributed by atoms with Crippen molar-refractivity contribution in [1.82, 2.24) is 5.32 Å². The van der Waals surface area contributed by atoms with Gasteiger partial charge in [0.2, 0.25) is 0 Å². The lowest BCUT2D eigenvalue weighted by molar-refractivity contribution is 0.0314. The molecule has 5 heteroatoms. The van der Waals surface area contributed by atoms with Crippen molar-refractivity contribution in [1.29, 1.82) is 0 Å². The van der Waals surface area contributed by atoms with Gasteiger partial charge in [0.1, 0.15) is 17.1 Å². The van der Waals surface area contributed by atoms with Crippen molar-refractivity contribution in [3.63, 3.8) is 0 Å². The number of carbonyl (C=O) groups is 1. The number of nitrogens with one attached hydrogen (secondary N) is 1. The molecule has 0 aromatic heterocycles. The largest absolute Gasteiger partial charge is 0.497 e. The van der Waals surface area contributed by atoms with Crippen LogP contribution in [0, 0.1) is 0 Å². The monoisotopic (exact) mass is 451 g/mol. The number of hydrogen-bond donors (Lipinski definition) is 1. The molecule has 0 unspecified atom stereocenters. The second-order valence-electron chi connectivity index (χ2n) is 8.66. The first-order valence-corrected chi connectivity index (χ1v) is 12.0. The standard InChI is InChI=1S/C28H37NO4/c1-21-11-10-16-24(29-18-17-22-12-6-4-7-13-22)15-9-5-8-14-23-19-25(31-2)20-26(32-3)27(23)28(30)33-21/h4,6-8,12-14,19-21,24,29H,5,9-11,15-18H2,1-3H3/t21-,24-/m1/s1. The Morgan fingerprint density at radius 1 is 1.03 bits per heavy atom. The smallest absolute Gasteiger partial charge is 0.342 e. The summed E-state index contributed by atoms with van der Waals surface area (Å²) in [6.07, 6.45) is 11.1. The number of rotatable bonds is 6. The first kappa shape index (κ1) is 24.8. The summed E-state index contributed by atoms with van der Waals surface area (Å²) in [4.78, 5) is 13.0. The summed E-state index contributed by atoms with van der Waals surface area (Å²) in [5.41, 5.74) is 2.58. The van der Waals surface area contributed by atoms with Gasteiger partial charge in [-0.1, -0.05) is 42.5 Å². The maximum atomic E-state index is 13.0. The minimum atomic E-state index is -0.351. The molecule has 178 valence electrons. The van der Waals surface area contributed by atoms with E-state index in [0.29, 0.717) is 23.1 Å². The molecule has 0 saturated carbocycles. The van der Waals surface area contributed by atoms with Crippen LogP contribution >= 0.6 is 0 Å². The van der Waals surface area contributed by atoms with E-state index < -0.39 is 0 Å². The Bertz CT molecular complexity index is 910. The third kappa shape index (κ3) is 7.64. The van der Waals surface area contributed by atoms with Crippen molar-refractivity contribution in [2.24, 2.45) is 0 Å². The van der Waals surface area contributed by atoms with Gasteiger partial charge in [0, 0.05) is 12.1 Å². The number of ether oxygens (including phenoxy) is 3. The van der Waals surface area contributed by atoms with Gasteiger partial charge in [0.25, 0.3) is 0 Å². The molecule has 0 bridgehead atoms. The highest BCUT2D eigenvalue weighted by Crippen LogP contribution is 2.31. The Hall–Kier alpha value is -2.79. The Labute approximate surface area is 198 Å². The summed E-state index contributed by atoms with van der Waals surface area (Å²) in [5, 5.41) is 3.75. The summed E-state index contributed by atoms with van der Waals surface area (Å²) >= 11 is 0. The van der Waals surface area contributed by atoms with Crippen LogP contribution in [0.25, 0.3) is 6.08 Å². The van der Waals surface area contributed by atoms with Crippen LogP contribution in [0.15, 0.2) is 48.5 Å². The molecule has 1 aliphatic rings. The number of carbonyl (C=O) groups excluding carboxylic acids is 1. The molecule has 2 atom stereocenters. The highest BCUT2D eigenvalue weighted by Gasteiger charge is 2.22. The molecule has 0 spiro atoms. The fourth-order valence-corrected chi connectivity index (χ4v) is 4.30. The number of cyclic esters (lactones) is 1. The number of benzene rings is 2. The zero-order chi connectivity index (χ0) is 23.5. The minimum absolute atomic E-state index is 0.158. The predicted molar refractivity (Wildman–Crippen MR) is 133 cm³/mol. The van der Waals surface area contributed by atoms with E-state index in [4.69, 9.17) is 14.2 Å². The normalized spacial score (nSPS) is 19.8. The van der Waals surface area contributed by atoms with Gasteiger partial charge >= 0.3 is 5.97 Å². The van der Waals surface area contributed by atoms with E-state index in [1.807, 2.05) is 19.1 Å². The Morgan fingerprint density at radius 2 is 1.82 bits per heavy atom. The van der Waals surface area contributed by atoms with Crippen LogP contribution in [-0.4, -0.2) is 38.9 Å². The third-order valence-corrected chi connectivity index (χ3v) is 6.15. The van der Waals surface area contributed by atoms with E-state index in [9.17, 15) is 4.79 Å². The summed E-state index contributed by atoms with van der Waals surface area (Å²) in [5.74, 6) is 0.775. The molecule has 0 saturated heterocycles. The average Bonchev–Trinajstić information content (AvgIpc) is 2.82. The van der Waals surface area contributed by atoms with Gasteiger partial charge in [-0.2, -0.15) is 0 Å². The summed E-state index contributed by atoms with van der Waals surface area (Å²) in [7, 11) is 3.17. The molecule has 1 heterocycles. The number of hydrogen-bond acceptors (Lipinski definition) is 5. The highest BCUT2D eigenvalue weighted by molar-refractivity contribution is 5.97. The maximum absolute atomic E-state index is 13.0. The van der Waals surface area contributed by atoms with Crippen LogP contribution in [0.1, 0.15) is 66.9 Å². The zero-order valence-corrected chi connectivity index (χ0v) is 20.1. The van der Waals surface area contributed by atoms with Crippen molar-refractivity contribution in [3.8, 4) is 11.5 Å². The summed E-state index contributed by atoms with van der Waals surface area (Å²) in [6.45, 7) is 2.94. The van der Waals surface area contributed by atoms with E-state index in [0.717, 1.165) is 57.1 Å². The van der Waals surface area contributed by atoms with Gasteiger partial charge in [-0.25, -0.2) is 4.79 Å². The lowest BCUT2D eigenvalue weighted by Gasteiger charge is -2.21. The molecular weight excluding hydrogens is 414 g/mol. The molecule has 0 fully saturated rings. The highest BCUT2D eigenvalue weighted by atomic mass is 16.5. The number of fused-ring (bicyclic) bond motifs is 1. The second kappa shape index (κ2) is 13.0. The average molecular weight is 452 g/mol. The van der Waals surface area contributed by atoms with Gasteiger partial charge in [0.05, 0.1) is 20.3 Å². The van der Waals surface area contributed by atoms with Gasteiger partial charge < -0.3 is 19.5 Å². The topological polar surface area (TPSA) is 56.8 Å². The van der Waals surface area contributed by atoms with E-state index in [1.165, 1.54) is 5.56 Å². The second-order valence-corrected chi connectivity index (χ2v) is 8.66. The SMILES string of the molecule is COc1cc2c(c(OC)c1)C(=O)O[C@H](C)CCC[C@H](NCCc1ccccc1)CCCC=C2. The molecule has 2 aromatic rings. The fourth-order valence-electron chi connectivity index (χ4n) is 4.30. The first-order valence-electron chi connectivity index (χ1n) is 12.0. The Morgan fingerprint density at radius 3 is 2.58 bits per heavy atom. The van der Waals surface area contributed by atoms with Crippen LogP contribution in [-0.2, 0) is 11.2 Å². The van der Waals surface area contributed by atoms with E-state index in [2.05, 4.69) is 41.7 Å². The van der Waals surface area contributed by atoms with Crippen molar-refractivity contribution >= 4 is 12.0 Å². The van der Waals surface area contributed by atoms with E-state index >= 15 is 0 Å². The van der Waals surface area contributed by atoms with Crippen molar-refractivity contribution in [2.45, 2.75) is 64.0 Å². The van der Waals surface area contributed by atoms with Crippen LogP contribution in [0.2, 0.25) is 0 Å². The molecule has 1 N–H and O–H groups in total. The first-order chi connectivity index (χ1) is 16.1. The molecular formula is C28H37NO4. The molecule has 3 rings (SSSR count). The third-order valence-electron chi connectivity index (χ3n) is 6.15. The van der Waals surface area contributed by atoms with E-state index in [-0.39, 0.29) is 12.1 Å². The lowest BCUT2D eigenvalue weighted by atomic mass is 10.00. The number of allylic oxidation sites excluding steroid dienone is 1. The lowest BCUT2D eigenvalue weighted by Crippen LogP contribution is -2.31. The maximum Gasteiger partial charge on any atom is 0.342 e. The molecule has 33 heavy (non-hydrogen) atoms. The predicted octanol–water partition coefficient (Wildman–Crippen LogP) is 5.82. The summed E-state index contributed by atoms with van der Waals surface area (Å²) < 4.78 is 16.7. The number of methoxy groups -OCH3 is 2. The van der Waals surface area contributed by atoms with Gasteiger partial charge in [-0.15, -0.1) is 0 Å². The van der Waals surface area contributed by atoms with Gasteiger partial charge in [-0.05, 0) is 75.6 Å². The van der Waals surface area contributed by atoms with Crippen molar-refractivity contribution in [2.75, 3.05) is 20.8 Å². The molecule has 0 aliphatic carbocycles. The Balaban J connectivity index is 1.69.